The molecular weight excluding hydrogens is 470 g/mol. The van der Waals surface area contributed by atoms with E-state index < -0.39 is 16.1 Å². The molecule has 0 saturated carbocycles. The summed E-state index contributed by atoms with van der Waals surface area (Å²) in [7, 11) is -2.13. The second-order valence-electron chi connectivity index (χ2n) is 7.21. The standard InChI is InChI=1S/C22H28ClN3O6S/c1-3-32-20-7-4-16(14-21(20)30-2)8-9-24-22(27)25-19-15-17(5-6-18(19)23)33(28,29)26-10-12-31-13-11-26/h4-7,14-15H,3,8-13H2,1-2H3,(H2,24,25,27). The molecule has 1 aliphatic rings. The van der Waals surface area contributed by atoms with E-state index in [1.54, 1.807) is 7.11 Å². The molecule has 2 aromatic carbocycles. The number of urea groups is 1. The molecular formula is C22H28ClN3O6S. The van der Waals surface area contributed by atoms with Gasteiger partial charge in [0, 0.05) is 19.6 Å². The molecule has 33 heavy (non-hydrogen) atoms. The molecule has 180 valence electrons. The van der Waals surface area contributed by atoms with Crippen LogP contribution in [0, 0.1) is 0 Å². The third-order valence-electron chi connectivity index (χ3n) is 5.02. The highest BCUT2D eigenvalue weighted by Crippen LogP contribution is 2.29. The van der Waals surface area contributed by atoms with E-state index in [1.807, 2.05) is 25.1 Å². The number of nitrogens with one attached hydrogen (secondary N) is 2. The fourth-order valence-corrected chi connectivity index (χ4v) is 4.93. The Kier molecular flexibility index (Phi) is 8.79. The molecule has 2 N–H and O–H groups in total. The number of benzene rings is 2. The van der Waals surface area contributed by atoms with Crippen LogP contribution in [-0.4, -0.2) is 65.3 Å². The molecule has 11 heteroatoms. The number of sulfonamides is 1. The van der Waals surface area contributed by atoms with Crippen molar-refractivity contribution in [2.75, 3.05) is 51.9 Å². The topological polar surface area (TPSA) is 106 Å². The van der Waals surface area contributed by atoms with Crippen LogP contribution in [0.15, 0.2) is 41.3 Å². The summed E-state index contributed by atoms with van der Waals surface area (Å²) in [6.45, 7) is 4.05. The molecule has 0 atom stereocenters. The Morgan fingerprint density at radius 3 is 2.61 bits per heavy atom. The maximum atomic E-state index is 12.9. The van der Waals surface area contributed by atoms with Crippen molar-refractivity contribution in [3.63, 3.8) is 0 Å². The van der Waals surface area contributed by atoms with Gasteiger partial charge in [-0.25, -0.2) is 13.2 Å². The van der Waals surface area contributed by atoms with E-state index in [0.717, 1.165) is 5.56 Å². The van der Waals surface area contributed by atoms with Crippen LogP contribution in [0.3, 0.4) is 0 Å². The number of hydrogen-bond donors (Lipinski definition) is 2. The smallest absolute Gasteiger partial charge is 0.319 e. The number of amides is 2. The lowest BCUT2D eigenvalue weighted by Crippen LogP contribution is -2.40. The second-order valence-corrected chi connectivity index (χ2v) is 9.55. The summed E-state index contributed by atoms with van der Waals surface area (Å²) in [5, 5.41) is 5.61. The third kappa shape index (κ3) is 6.50. The van der Waals surface area contributed by atoms with Crippen LogP contribution in [0.2, 0.25) is 5.02 Å². The van der Waals surface area contributed by atoms with E-state index in [0.29, 0.717) is 44.3 Å². The molecule has 1 aliphatic heterocycles. The number of morpholine rings is 1. The Hall–Kier alpha value is -2.53. The van der Waals surface area contributed by atoms with Gasteiger partial charge in [0.15, 0.2) is 11.5 Å². The molecule has 3 rings (SSSR count). The SMILES string of the molecule is CCOc1ccc(CCNC(=O)Nc2cc(S(=O)(=O)N3CCOCC3)ccc2Cl)cc1OC. The fourth-order valence-electron chi connectivity index (χ4n) is 3.33. The van der Waals surface area contributed by atoms with E-state index in [1.165, 1.54) is 22.5 Å². The Morgan fingerprint density at radius 2 is 1.91 bits per heavy atom. The van der Waals surface area contributed by atoms with E-state index >= 15 is 0 Å². The van der Waals surface area contributed by atoms with E-state index in [4.69, 9.17) is 25.8 Å². The van der Waals surface area contributed by atoms with Crippen molar-refractivity contribution >= 4 is 33.3 Å². The van der Waals surface area contributed by atoms with Crippen LogP contribution in [-0.2, 0) is 21.2 Å². The predicted octanol–water partition coefficient (Wildman–Crippen LogP) is 3.13. The number of hydrogen-bond acceptors (Lipinski definition) is 6. The Morgan fingerprint density at radius 1 is 1.15 bits per heavy atom. The van der Waals surface area contributed by atoms with Gasteiger partial charge in [-0.05, 0) is 49.2 Å². The van der Waals surface area contributed by atoms with E-state index in [9.17, 15) is 13.2 Å². The van der Waals surface area contributed by atoms with Crippen molar-refractivity contribution in [1.29, 1.82) is 0 Å². The quantitative estimate of drug-likeness (QED) is 0.551. The second kappa shape index (κ2) is 11.6. The van der Waals surface area contributed by atoms with Crippen molar-refractivity contribution in [3.05, 3.63) is 47.0 Å². The first-order chi connectivity index (χ1) is 15.8. The maximum Gasteiger partial charge on any atom is 0.319 e. The fraction of sp³-hybridized carbons (Fsp3) is 0.409. The van der Waals surface area contributed by atoms with Gasteiger partial charge >= 0.3 is 6.03 Å². The summed E-state index contributed by atoms with van der Waals surface area (Å²) >= 11 is 6.18. The normalized spacial score (nSPS) is 14.5. The zero-order valence-electron chi connectivity index (χ0n) is 18.6. The number of ether oxygens (including phenoxy) is 3. The minimum Gasteiger partial charge on any atom is -0.493 e. The van der Waals surface area contributed by atoms with Gasteiger partial charge in [0.05, 0.1) is 42.5 Å². The van der Waals surface area contributed by atoms with E-state index in [2.05, 4.69) is 10.6 Å². The molecule has 0 aromatic heterocycles. The van der Waals surface area contributed by atoms with Crippen molar-refractivity contribution in [2.45, 2.75) is 18.2 Å². The zero-order valence-corrected chi connectivity index (χ0v) is 20.2. The monoisotopic (exact) mass is 497 g/mol. The molecule has 0 unspecified atom stereocenters. The van der Waals surface area contributed by atoms with Crippen LogP contribution in [0.1, 0.15) is 12.5 Å². The number of carbonyl (C=O) groups is 1. The van der Waals surface area contributed by atoms with Crippen LogP contribution in [0.25, 0.3) is 0 Å². The highest BCUT2D eigenvalue weighted by atomic mass is 35.5. The van der Waals surface area contributed by atoms with Crippen molar-refractivity contribution in [1.82, 2.24) is 9.62 Å². The average Bonchev–Trinajstić information content (AvgIpc) is 2.82. The third-order valence-corrected chi connectivity index (χ3v) is 7.25. The van der Waals surface area contributed by atoms with Gasteiger partial charge < -0.3 is 24.8 Å². The van der Waals surface area contributed by atoms with Gasteiger partial charge in [-0.2, -0.15) is 4.31 Å². The molecule has 9 nitrogen and oxygen atoms in total. The Labute approximate surface area is 199 Å². The number of carbonyl (C=O) groups excluding carboxylic acids is 1. The van der Waals surface area contributed by atoms with Crippen molar-refractivity contribution in [3.8, 4) is 11.5 Å². The molecule has 1 heterocycles. The number of methoxy groups -OCH3 is 1. The number of nitrogens with zero attached hydrogens (tertiary/aromatic N) is 1. The molecule has 2 aromatic rings. The lowest BCUT2D eigenvalue weighted by molar-refractivity contribution is 0.0730. The summed E-state index contributed by atoms with van der Waals surface area (Å²) in [5.74, 6) is 1.29. The summed E-state index contributed by atoms with van der Waals surface area (Å²) in [5.41, 5.74) is 1.18. The van der Waals surface area contributed by atoms with Crippen LogP contribution < -0.4 is 20.1 Å². The Bertz CT molecular complexity index is 1070. The molecule has 0 aliphatic carbocycles. The molecule has 1 saturated heterocycles. The highest BCUT2D eigenvalue weighted by Gasteiger charge is 2.27. The summed E-state index contributed by atoms with van der Waals surface area (Å²) < 4.78 is 43.1. The maximum absolute atomic E-state index is 12.9. The summed E-state index contributed by atoms with van der Waals surface area (Å²) in [4.78, 5) is 12.4. The number of anilines is 1. The van der Waals surface area contributed by atoms with Gasteiger partial charge in [0.1, 0.15) is 0 Å². The zero-order chi connectivity index (χ0) is 23.8. The van der Waals surface area contributed by atoms with E-state index in [-0.39, 0.29) is 28.7 Å². The van der Waals surface area contributed by atoms with Crippen molar-refractivity contribution in [2.24, 2.45) is 0 Å². The van der Waals surface area contributed by atoms with Gasteiger partial charge in [0.25, 0.3) is 0 Å². The lowest BCUT2D eigenvalue weighted by Gasteiger charge is -2.26. The summed E-state index contributed by atoms with van der Waals surface area (Å²) in [6, 6.07) is 9.36. The average molecular weight is 498 g/mol. The molecule has 2 amide bonds. The molecule has 0 radical (unpaired) electrons. The first-order valence-electron chi connectivity index (χ1n) is 10.6. The van der Waals surface area contributed by atoms with Crippen LogP contribution in [0.5, 0.6) is 11.5 Å². The highest BCUT2D eigenvalue weighted by molar-refractivity contribution is 7.89. The van der Waals surface area contributed by atoms with Gasteiger partial charge in [0.2, 0.25) is 10.0 Å². The first kappa shape index (κ1) is 25.1. The van der Waals surface area contributed by atoms with Crippen LogP contribution in [0.4, 0.5) is 10.5 Å². The van der Waals surface area contributed by atoms with Crippen molar-refractivity contribution < 1.29 is 27.4 Å². The van der Waals surface area contributed by atoms with Gasteiger partial charge in [-0.15, -0.1) is 0 Å². The number of rotatable bonds is 9. The molecule has 0 bridgehead atoms. The largest absolute Gasteiger partial charge is 0.493 e. The predicted molar refractivity (Wildman–Crippen MR) is 126 cm³/mol. The lowest BCUT2D eigenvalue weighted by atomic mass is 10.1. The first-order valence-corrected chi connectivity index (χ1v) is 12.4. The minimum atomic E-state index is -3.70. The van der Waals surface area contributed by atoms with Crippen LogP contribution >= 0.6 is 11.6 Å². The minimum absolute atomic E-state index is 0.0607. The van der Waals surface area contributed by atoms with Gasteiger partial charge in [-0.1, -0.05) is 17.7 Å². The Balaban J connectivity index is 1.60. The molecule has 1 fully saturated rings. The molecule has 0 spiro atoms. The number of halogens is 1. The summed E-state index contributed by atoms with van der Waals surface area (Å²) in [6.07, 6.45) is 0.565. The van der Waals surface area contributed by atoms with Gasteiger partial charge in [-0.3, -0.25) is 0 Å².